The van der Waals surface area contributed by atoms with E-state index in [1.165, 1.54) is 15.4 Å². The summed E-state index contributed by atoms with van der Waals surface area (Å²) >= 11 is 3.48. The number of hydrogen-bond acceptors (Lipinski definition) is 4. The highest BCUT2D eigenvalue weighted by Gasteiger charge is 2.10. The molecule has 0 saturated heterocycles. The molecule has 1 atom stereocenters. The fraction of sp³-hybridized carbons (Fsp3) is 0.250. The predicted octanol–water partition coefficient (Wildman–Crippen LogP) is 3.76. The van der Waals surface area contributed by atoms with Gasteiger partial charge in [-0.2, -0.15) is 0 Å². The Hall–Kier alpha value is -1.82. The number of aromatic nitrogens is 1. The summed E-state index contributed by atoms with van der Waals surface area (Å²) in [7, 11) is 3.90. The number of thioether (sulfide) groups is 1. The second kappa shape index (κ2) is 8.52. The molecule has 3 rings (SSSR count). The molecule has 1 aromatic heterocycles. The average molecular weight is 372 g/mol. The van der Waals surface area contributed by atoms with Crippen LogP contribution in [0.15, 0.2) is 58.8 Å². The van der Waals surface area contributed by atoms with Crippen LogP contribution in [0, 0.1) is 0 Å². The van der Waals surface area contributed by atoms with E-state index in [1.54, 1.807) is 30.2 Å². The molecule has 0 aliphatic rings. The number of nitrogens with zero attached hydrogens (tertiary/aromatic N) is 1. The third-order valence-electron chi connectivity index (χ3n) is 4.04. The first kappa shape index (κ1) is 18.0. The Labute approximate surface area is 157 Å². The van der Waals surface area contributed by atoms with Gasteiger partial charge in [0.15, 0.2) is 0 Å². The van der Waals surface area contributed by atoms with Crippen LogP contribution in [-0.2, 0) is 13.1 Å². The fourth-order valence-corrected chi connectivity index (χ4v) is 3.95. The number of ether oxygens (including phenoxy) is 1. The Balaban J connectivity index is 1.61. The molecule has 0 aliphatic carbocycles. The summed E-state index contributed by atoms with van der Waals surface area (Å²) in [6, 6.07) is 16.9. The number of benzene rings is 2. The fourth-order valence-electron chi connectivity index (χ4n) is 2.72. The molecule has 0 bridgehead atoms. The molecule has 25 heavy (non-hydrogen) atoms. The van der Waals surface area contributed by atoms with Crippen molar-refractivity contribution in [2.24, 2.45) is 0 Å². The molecule has 1 unspecified atom stereocenters. The lowest BCUT2D eigenvalue weighted by Gasteiger charge is -2.13. The minimum Gasteiger partial charge on any atom is -0.497 e. The molecule has 0 amide bonds. The molecule has 5 heteroatoms. The summed E-state index contributed by atoms with van der Waals surface area (Å²) in [5.41, 5.74) is 3.65. The van der Waals surface area contributed by atoms with Gasteiger partial charge in [-0.25, -0.2) is 4.98 Å². The van der Waals surface area contributed by atoms with Crippen LogP contribution in [0.1, 0.15) is 11.3 Å². The van der Waals surface area contributed by atoms with Crippen molar-refractivity contribution in [2.75, 3.05) is 20.4 Å². The number of thiazole rings is 1. The van der Waals surface area contributed by atoms with E-state index in [1.807, 2.05) is 12.1 Å². The van der Waals surface area contributed by atoms with Gasteiger partial charge < -0.3 is 9.64 Å². The van der Waals surface area contributed by atoms with Gasteiger partial charge in [-0.3, -0.25) is 0 Å². The summed E-state index contributed by atoms with van der Waals surface area (Å²) in [6.07, 6.45) is 2.11. The van der Waals surface area contributed by atoms with Gasteiger partial charge in [0.1, 0.15) is 29.5 Å². The molecule has 130 valence electrons. The summed E-state index contributed by atoms with van der Waals surface area (Å²) in [4.78, 5) is 7.54. The molecule has 0 aliphatic heterocycles. The minimum atomic E-state index is 0.872. The lowest BCUT2D eigenvalue weighted by Crippen LogP contribution is -3.06. The highest BCUT2D eigenvalue weighted by atomic mass is 32.2. The summed E-state index contributed by atoms with van der Waals surface area (Å²) in [6.45, 7) is 1.93. The van der Waals surface area contributed by atoms with Crippen LogP contribution < -0.4 is 9.64 Å². The molecule has 0 saturated carbocycles. The molecule has 0 spiro atoms. The van der Waals surface area contributed by atoms with Gasteiger partial charge in [0, 0.05) is 21.4 Å². The van der Waals surface area contributed by atoms with Crippen molar-refractivity contribution in [3.8, 4) is 16.3 Å². The Morgan fingerprint density at radius 1 is 1.04 bits per heavy atom. The third kappa shape index (κ3) is 4.84. The van der Waals surface area contributed by atoms with Gasteiger partial charge in [-0.05, 0) is 42.7 Å². The lowest BCUT2D eigenvalue weighted by atomic mass is 10.2. The van der Waals surface area contributed by atoms with E-state index in [4.69, 9.17) is 9.72 Å². The number of nitrogens with one attached hydrogen (secondary N) is 1. The first-order valence-corrected chi connectivity index (χ1v) is 10.3. The summed E-state index contributed by atoms with van der Waals surface area (Å²) in [5.74, 6) is 0.872. The maximum atomic E-state index is 5.21. The van der Waals surface area contributed by atoms with Crippen LogP contribution in [0.25, 0.3) is 10.6 Å². The van der Waals surface area contributed by atoms with Gasteiger partial charge >= 0.3 is 0 Å². The topological polar surface area (TPSA) is 26.6 Å². The minimum absolute atomic E-state index is 0.872. The van der Waals surface area contributed by atoms with Gasteiger partial charge in [-0.15, -0.1) is 23.1 Å². The molecule has 3 nitrogen and oxygen atoms in total. The normalized spacial score (nSPS) is 12.1. The highest BCUT2D eigenvalue weighted by molar-refractivity contribution is 7.98. The van der Waals surface area contributed by atoms with Crippen LogP contribution in [0.4, 0.5) is 0 Å². The van der Waals surface area contributed by atoms with Gasteiger partial charge in [0.25, 0.3) is 0 Å². The average Bonchev–Trinajstić information content (AvgIpc) is 3.10. The molecule has 1 N–H and O–H groups in total. The molecular weight excluding hydrogens is 348 g/mol. The number of rotatable bonds is 7. The highest BCUT2D eigenvalue weighted by Crippen LogP contribution is 2.25. The largest absolute Gasteiger partial charge is 0.497 e. The summed E-state index contributed by atoms with van der Waals surface area (Å²) in [5, 5.41) is 3.23. The maximum Gasteiger partial charge on any atom is 0.123 e. The van der Waals surface area contributed by atoms with E-state index >= 15 is 0 Å². The number of hydrogen-bond donors (Lipinski definition) is 1. The SMILES string of the molecule is COc1ccc(-c2nc(C[NH+](C)Cc3ccc(SC)cc3)cs2)cc1. The Morgan fingerprint density at radius 3 is 2.40 bits per heavy atom. The van der Waals surface area contributed by atoms with E-state index in [0.717, 1.165) is 35.1 Å². The van der Waals surface area contributed by atoms with E-state index < -0.39 is 0 Å². The molecule has 2 aromatic carbocycles. The quantitative estimate of drug-likeness (QED) is 0.641. The first-order chi connectivity index (χ1) is 12.2. The van der Waals surface area contributed by atoms with Gasteiger partial charge in [0.2, 0.25) is 0 Å². The van der Waals surface area contributed by atoms with E-state index in [0.29, 0.717) is 0 Å². The molecule has 3 aromatic rings. The molecule has 0 radical (unpaired) electrons. The van der Waals surface area contributed by atoms with Gasteiger partial charge in [0.05, 0.1) is 14.2 Å². The molecule has 0 fully saturated rings. The Kier molecular flexibility index (Phi) is 6.13. The third-order valence-corrected chi connectivity index (χ3v) is 5.72. The standard InChI is InChI=1S/C20H22N2OS2/c1-22(12-15-4-10-19(24-3)11-5-15)13-17-14-25-20(21-17)16-6-8-18(23-2)9-7-16/h4-11,14H,12-13H2,1-3H3/p+1. The zero-order chi connectivity index (χ0) is 17.6. The number of methoxy groups -OCH3 is 1. The second-order valence-corrected chi connectivity index (χ2v) is 7.77. The van der Waals surface area contributed by atoms with Crippen LogP contribution >= 0.6 is 23.1 Å². The van der Waals surface area contributed by atoms with E-state index in [9.17, 15) is 0 Å². The maximum absolute atomic E-state index is 5.21. The molecular formula is C20H23N2OS2+. The van der Waals surface area contributed by atoms with Crippen LogP contribution in [-0.4, -0.2) is 25.4 Å². The van der Waals surface area contributed by atoms with E-state index in [-0.39, 0.29) is 0 Å². The lowest BCUT2D eigenvalue weighted by molar-refractivity contribution is -0.908. The van der Waals surface area contributed by atoms with Crippen molar-refractivity contribution in [2.45, 2.75) is 18.0 Å². The summed E-state index contributed by atoms with van der Waals surface area (Å²) < 4.78 is 5.21. The van der Waals surface area contributed by atoms with Crippen LogP contribution in [0.2, 0.25) is 0 Å². The zero-order valence-electron chi connectivity index (χ0n) is 14.8. The van der Waals surface area contributed by atoms with Crippen molar-refractivity contribution in [3.05, 3.63) is 65.2 Å². The second-order valence-electron chi connectivity index (χ2n) is 6.03. The van der Waals surface area contributed by atoms with Crippen molar-refractivity contribution in [1.29, 1.82) is 0 Å². The van der Waals surface area contributed by atoms with Crippen molar-refractivity contribution in [3.63, 3.8) is 0 Å². The Morgan fingerprint density at radius 2 is 1.76 bits per heavy atom. The van der Waals surface area contributed by atoms with Crippen molar-refractivity contribution in [1.82, 2.24) is 4.98 Å². The predicted molar refractivity (Wildman–Crippen MR) is 107 cm³/mol. The Bertz CT molecular complexity index is 797. The first-order valence-electron chi connectivity index (χ1n) is 8.21. The zero-order valence-corrected chi connectivity index (χ0v) is 16.4. The van der Waals surface area contributed by atoms with Crippen LogP contribution in [0.3, 0.4) is 0 Å². The van der Waals surface area contributed by atoms with E-state index in [2.05, 4.69) is 55.1 Å². The smallest absolute Gasteiger partial charge is 0.123 e. The monoisotopic (exact) mass is 371 g/mol. The van der Waals surface area contributed by atoms with Crippen molar-refractivity contribution < 1.29 is 9.64 Å². The molecule has 1 heterocycles. The van der Waals surface area contributed by atoms with Gasteiger partial charge in [-0.1, -0.05) is 12.1 Å². The van der Waals surface area contributed by atoms with Crippen LogP contribution in [0.5, 0.6) is 5.75 Å². The number of quaternary nitrogens is 1. The van der Waals surface area contributed by atoms with Crippen molar-refractivity contribution >= 4 is 23.1 Å².